The Morgan fingerprint density at radius 2 is 2.18 bits per heavy atom. The van der Waals surface area contributed by atoms with Crippen molar-refractivity contribution in [2.24, 2.45) is 0 Å². The molecule has 0 saturated carbocycles. The number of rotatable bonds is 4. The molecule has 1 aliphatic rings. The first-order valence-electron chi connectivity index (χ1n) is 6.13. The molecule has 2 heterocycles. The van der Waals surface area contributed by atoms with E-state index in [-0.39, 0.29) is 6.04 Å². The minimum atomic E-state index is -0.681. The number of hydrogen-bond acceptors (Lipinski definition) is 3. The molecule has 92 valence electrons. The van der Waals surface area contributed by atoms with Gasteiger partial charge >= 0.3 is 5.97 Å². The maximum Gasteiger partial charge on any atom is 0.320 e. The number of carbonyl (C=O) groups is 1. The first-order valence-corrected chi connectivity index (χ1v) is 6.13. The van der Waals surface area contributed by atoms with Gasteiger partial charge in [0.2, 0.25) is 0 Å². The molecule has 4 nitrogen and oxygen atoms in total. The van der Waals surface area contributed by atoms with Crippen molar-refractivity contribution in [3.8, 4) is 0 Å². The van der Waals surface area contributed by atoms with E-state index >= 15 is 0 Å². The standard InChI is InChI=1S/C13H18N2O2/c16-13(17)12-3-1-2-9-15(12)10-6-11-4-7-14-8-5-11/h4-5,7-8,12H,1-3,6,9-10H2,(H,16,17). The predicted octanol–water partition coefficient (Wildman–Crippen LogP) is 1.56. The molecule has 0 radical (unpaired) electrons. The van der Waals surface area contributed by atoms with Gasteiger partial charge in [-0.2, -0.15) is 0 Å². The zero-order valence-electron chi connectivity index (χ0n) is 9.88. The summed E-state index contributed by atoms with van der Waals surface area (Å²) >= 11 is 0. The summed E-state index contributed by atoms with van der Waals surface area (Å²) in [7, 11) is 0. The molecule has 1 aromatic rings. The Kier molecular flexibility index (Phi) is 4.09. The highest BCUT2D eigenvalue weighted by atomic mass is 16.4. The first-order chi connectivity index (χ1) is 8.27. The lowest BCUT2D eigenvalue weighted by Crippen LogP contribution is -2.45. The number of pyridine rings is 1. The van der Waals surface area contributed by atoms with Crippen LogP contribution < -0.4 is 0 Å². The molecule has 4 heteroatoms. The van der Waals surface area contributed by atoms with Crippen LogP contribution in [0.2, 0.25) is 0 Å². The molecule has 0 aromatic carbocycles. The predicted molar refractivity (Wildman–Crippen MR) is 64.8 cm³/mol. The van der Waals surface area contributed by atoms with Gasteiger partial charge < -0.3 is 5.11 Å². The normalized spacial score (nSPS) is 21.3. The number of piperidine rings is 1. The van der Waals surface area contributed by atoms with Gasteiger partial charge in [0.1, 0.15) is 6.04 Å². The highest BCUT2D eigenvalue weighted by Crippen LogP contribution is 2.17. The maximum absolute atomic E-state index is 11.1. The maximum atomic E-state index is 11.1. The van der Waals surface area contributed by atoms with E-state index in [9.17, 15) is 4.79 Å². The Labute approximate surface area is 101 Å². The van der Waals surface area contributed by atoms with Crippen LogP contribution in [0.1, 0.15) is 24.8 Å². The monoisotopic (exact) mass is 234 g/mol. The zero-order valence-corrected chi connectivity index (χ0v) is 9.88. The van der Waals surface area contributed by atoms with Gasteiger partial charge in [0, 0.05) is 18.9 Å². The van der Waals surface area contributed by atoms with E-state index in [4.69, 9.17) is 5.11 Å². The number of aliphatic carboxylic acids is 1. The molecular formula is C13H18N2O2. The number of hydrogen-bond donors (Lipinski definition) is 1. The van der Waals surface area contributed by atoms with Crippen LogP contribution >= 0.6 is 0 Å². The summed E-state index contributed by atoms with van der Waals surface area (Å²) in [6.45, 7) is 1.73. The van der Waals surface area contributed by atoms with Crippen LogP contribution in [0.3, 0.4) is 0 Å². The average Bonchev–Trinajstić information content (AvgIpc) is 2.38. The van der Waals surface area contributed by atoms with E-state index in [1.54, 1.807) is 12.4 Å². The van der Waals surface area contributed by atoms with Gasteiger partial charge in [-0.05, 0) is 43.5 Å². The number of carboxylic acid groups (broad SMARTS) is 1. The summed E-state index contributed by atoms with van der Waals surface area (Å²) in [6, 6.07) is 3.69. The Morgan fingerprint density at radius 3 is 2.88 bits per heavy atom. The van der Waals surface area contributed by atoms with Crippen molar-refractivity contribution >= 4 is 5.97 Å². The molecular weight excluding hydrogens is 216 g/mol. The van der Waals surface area contributed by atoms with Crippen LogP contribution in [-0.4, -0.2) is 40.1 Å². The van der Waals surface area contributed by atoms with E-state index in [1.165, 1.54) is 5.56 Å². The fraction of sp³-hybridized carbons (Fsp3) is 0.538. The van der Waals surface area contributed by atoms with Crippen molar-refractivity contribution in [2.45, 2.75) is 31.7 Å². The quantitative estimate of drug-likeness (QED) is 0.859. The molecule has 17 heavy (non-hydrogen) atoms. The molecule has 1 unspecified atom stereocenters. The molecule has 1 N–H and O–H groups in total. The van der Waals surface area contributed by atoms with Gasteiger partial charge in [-0.3, -0.25) is 14.7 Å². The summed E-state index contributed by atoms with van der Waals surface area (Å²) in [4.78, 5) is 17.2. The Bertz CT molecular complexity index is 367. The van der Waals surface area contributed by atoms with E-state index in [2.05, 4.69) is 9.88 Å². The Balaban J connectivity index is 1.90. The van der Waals surface area contributed by atoms with E-state index in [0.717, 1.165) is 38.8 Å². The number of likely N-dealkylation sites (tertiary alicyclic amines) is 1. The minimum absolute atomic E-state index is 0.286. The van der Waals surface area contributed by atoms with Crippen molar-refractivity contribution in [1.82, 2.24) is 9.88 Å². The summed E-state index contributed by atoms with van der Waals surface area (Å²) in [5.74, 6) is -0.681. The second-order valence-corrected chi connectivity index (χ2v) is 4.49. The third kappa shape index (κ3) is 3.27. The molecule has 1 saturated heterocycles. The fourth-order valence-corrected chi connectivity index (χ4v) is 2.36. The van der Waals surface area contributed by atoms with Crippen LogP contribution in [0, 0.1) is 0 Å². The molecule has 2 rings (SSSR count). The SMILES string of the molecule is O=C(O)C1CCCCN1CCc1ccncc1. The third-order valence-electron chi connectivity index (χ3n) is 3.34. The molecule has 0 amide bonds. The van der Waals surface area contributed by atoms with Crippen molar-refractivity contribution in [2.75, 3.05) is 13.1 Å². The van der Waals surface area contributed by atoms with Gasteiger partial charge in [0.15, 0.2) is 0 Å². The van der Waals surface area contributed by atoms with E-state index < -0.39 is 5.97 Å². The van der Waals surface area contributed by atoms with Crippen molar-refractivity contribution in [3.63, 3.8) is 0 Å². The topological polar surface area (TPSA) is 53.4 Å². The van der Waals surface area contributed by atoms with Crippen LogP contribution in [0.15, 0.2) is 24.5 Å². The minimum Gasteiger partial charge on any atom is -0.480 e. The Hall–Kier alpha value is -1.42. The second kappa shape index (κ2) is 5.77. The average molecular weight is 234 g/mol. The van der Waals surface area contributed by atoms with Crippen molar-refractivity contribution in [1.29, 1.82) is 0 Å². The molecule has 1 aliphatic heterocycles. The molecule has 1 aromatic heterocycles. The van der Waals surface area contributed by atoms with Crippen LogP contribution in [0.5, 0.6) is 0 Å². The van der Waals surface area contributed by atoms with Gasteiger partial charge in [-0.25, -0.2) is 0 Å². The van der Waals surface area contributed by atoms with E-state index in [0.29, 0.717) is 0 Å². The molecule has 1 fully saturated rings. The third-order valence-corrected chi connectivity index (χ3v) is 3.34. The summed E-state index contributed by atoms with van der Waals surface area (Å²) in [5.41, 5.74) is 1.22. The molecule has 1 atom stereocenters. The smallest absolute Gasteiger partial charge is 0.320 e. The van der Waals surface area contributed by atoms with Crippen molar-refractivity contribution in [3.05, 3.63) is 30.1 Å². The molecule has 0 spiro atoms. The first kappa shape index (κ1) is 12.0. The summed E-state index contributed by atoms with van der Waals surface area (Å²) < 4.78 is 0. The molecule has 0 aliphatic carbocycles. The lowest BCUT2D eigenvalue weighted by Gasteiger charge is -2.32. The number of nitrogens with zero attached hydrogens (tertiary/aromatic N) is 2. The highest BCUT2D eigenvalue weighted by Gasteiger charge is 2.27. The second-order valence-electron chi connectivity index (χ2n) is 4.49. The van der Waals surface area contributed by atoms with E-state index in [1.807, 2.05) is 12.1 Å². The number of carboxylic acids is 1. The lowest BCUT2D eigenvalue weighted by atomic mass is 10.0. The highest BCUT2D eigenvalue weighted by molar-refractivity contribution is 5.73. The van der Waals surface area contributed by atoms with Crippen LogP contribution in [0.25, 0.3) is 0 Å². The van der Waals surface area contributed by atoms with Crippen LogP contribution in [-0.2, 0) is 11.2 Å². The van der Waals surface area contributed by atoms with Crippen molar-refractivity contribution < 1.29 is 9.90 Å². The Morgan fingerprint density at radius 1 is 1.41 bits per heavy atom. The van der Waals surface area contributed by atoms with Crippen LogP contribution in [0.4, 0.5) is 0 Å². The largest absolute Gasteiger partial charge is 0.480 e. The van der Waals surface area contributed by atoms with Gasteiger partial charge in [-0.1, -0.05) is 6.42 Å². The van der Waals surface area contributed by atoms with Gasteiger partial charge in [0.25, 0.3) is 0 Å². The fourth-order valence-electron chi connectivity index (χ4n) is 2.36. The summed E-state index contributed by atoms with van der Waals surface area (Å²) in [5, 5.41) is 9.15. The van der Waals surface area contributed by atoms with Gasteiger partial charge in [-0.15, -0.1) is 0 Å². The number of aromatic nitrogens is 1. The summed E-state index contributed by atoms with van der Waals surface area (Å²) in [6.07, 6.45) is 7.38. The van der Waals surface area contributed by atoms with Gasteiger partial charge in [0.05, 0.1) is 0 Å². The molecule has 0 bridgehead atoms. The lowest BCUT2D eigenvalue weighted by molar-refractivity contribution is -0.144. The zero-order chi connectivity index (χ0) is 12.1.